The van der Waals surface area contributed by atoms with Crippen molar-refractivity contribution in [2.45, 2.75) is 26.3 Å². The Morgan fingerprint density at radius 2 is 2.30 bits per heavy atom. The third kappa shape index (κ3) is 2.00. The summed E-state index contributed by atoms with van der Waals surface area (Å²) in [5.41, 5.74) is 0.930. The second kappa shape index (κ2) is 5.09. The minimum atomic E-state index is -0.166. The lowest BCUT2D eigenvalue weighted by Gasteiger charge is -2.14. The zero-order valence-electron chi connectivity index (χ0n) is 11.3. The highest BCUT2D eigenvalue weighted by molar-refractivity contribution is 5.71. The molecular weight excluding hydrogens is 258 g/mol. The number of aliphatic hydroxyl groups excluding tert-OH is 1. The van der Waals surface area contributed by atoms with Gasteiger partial charge in [-0.3, -0.25) is 4.79 Å². The summed E-state index contributed by atoms with van der Waals surface area (Å²) in [5, 5.41) is 9.07. The molecule has 106 valence electrons. The molecule has 0 saturated carbocycles. The summed E-state index contributed by atoms with van der Waals surface area (Å²) >= 11 is 0. The summed E-state index contributed by atoms with van der Waals surface area (Å²) in [5.74, 6) is 0.872. The third-order valence-electron chi connectivity index (χ3n) is 3.70. The number of rotatable bonds is 5. The van der Waals surface area contributed by atoms with Gasteiger partial charge in [0.15, 0.2) is 5.52 Å². The zero-order chi connectivity index (χ0) is 14.1. The van der Waals surface area contributed by atoms with Crippen LogP contribution in [-0.2, 0) is 6.54 Å². The zero-order valence-corrected chi connectivity index (χ0v) is 11.3. The predicted molar refractivity (Wildman–Crippen MR) is 74.6 cm³/mol. The number of aliphatic hydroxyl groups is 1. The molecule has 0 amide bonds. The normalized spacial score (nSPS) is 13.3. The van der Waals surface area contributed by atoms with Gasteiger partial charge < -0.3 is 14.7 Å². The number of aromatic nitrogens is 5. The molecule has 0 aromatic carbocycles. The number of H-pyrrole nitrogens is 1. The first-order valence-corrected chi connectivity index (χ1v) is 6.75. The summed E-state index contributed by atoms with van der Waals surface area (Å²) < 4.78 is 3.37. The molecule has 7 heteroatoms. The van der Waals surface area contributed by atoms with Crippen molar-refractivity contribution >= 4 is 16.9 Å². The average molecular weight is 275 g/mol. The van der Waals surface area contributed by atoms with E-state index in [4.69, 9.17) is 5.11 Å². The van der Waals surface area contributed by atoms with Gasteiger partial charge >= 0.3 is 0 Å². The molecule has 2 N–H and O–H groups in total. The molecule has 1 atom stereocenters. The van der Waals surface area contributed by atoms with Crippen molar-refractivity contribution in [2.75, 3.05) is 6.61 Å². The van der Waals surface area contributed by atoms with Crippen molar-refractivity contribution in [1.82, 2.24) is 23.9 Å². The maximum Gasteiger partial charge on any atom is 0.287 e. The fourth-order valence-corrected chi connectivity index (χ4v) is 2.47. The van der Waals surface area contributed by atoms with Crippen LogP contribution in [0.25, 0.3) is 16.9 Å². The van der Waals surface area contributed by atoms with Gasteiger partial charge in [-0.05, 0) is 12.3 Å². The lowest BCUT2D eigenvalue weighted by atomic mass is 10.0. The van der Waals surface area contributed by atoms with Crippen LogP contribution in [0.2, 0.25) is 0 Å². The molecule has 0 aliphatic heterocycles. The lowest BCUT2D eigenvalue weighted by Crippen LogP contribution is -2.16. The largest absolute Gasteiger partial charge is 0.396 e. The number of hydrogen-bond donors (Lipinski definition) is 2. The number of imidazole rings is 2. The van der Waals surface area contributed by atoms with Crippen LogP contribution >= 0.6 is 0 Å². The van der Waals surface area contributed by atoms with Crippen LogP contribution in [0.15, 0.2) is 23.5 Å². The molecule has 20 heavy (non-hydrogen) atoms. The maximum atomic E-state index is 12.2. The van der Waals surface area contributed by atoms with Gasteiger partial charge in [0.1, 0.15) is 5.65 Å². The predicted octanol–water partition coefficient (Wildman–Crippen LogP) is 0.781. The van der Waals surface area contributed by atoms with Crippen LogP contribution in [0.4, 0.5) is 0 Å². The number of nitrogens with zero attached hydrogens (tertiary/aromatic N) is 4. The van der Waals surface area contributed by atoms with E-state index in [2.05, 4.69) is 21.9 Å². The molecule has 0 fully saturated rings. The van der Waals surface area contributed by atoms with Gasteiger partial charge in [-0.15, -0.1) is 0 Å². The molecule has 3 heterocycles. The molecule has 7 nitrogen and oxygen atoms in total. The maximum absolute atomic E-state index is 12.2. The van der Waals surface area contributed by atoms with E-state index in [1.807, 2.05) is 4.57 Å². The van der Waals surface area contributed by atoms with Gasteiger partial charge in [-0.25, -0.2) is 14.4 Å². The number of aromatic amines is 1. The Hall–Kier alpha value is -2.15. The van der Waals surface area contributed by atoms with E-state index in [1.165, 1.54) is 4.40 Å². The van der Waals surface area contributed by atoms with Crippen LogP contribution in [0.3, 0.4) is 0 Å². The topological polar surface area (TPSA) is 88.2 Å². The van der Waals surface area contributed by atoms with Crippen LogP contribution < -0.4 is 5.56 Å². The van der Waals surface area contributed by atoms with Crippen LogP contribution in [0.1, 0.15) is 19.8 Å². The Balaban J connectivity index is 2.08. The molecule has 3 aromatic rings. The molecule has 3 rings (SSSR count). The molecule has 0 spiro atoms. The van der Waals surface area contributed by atoms with Gasteiger partial charge in [0.25, 0.3) is 5.56 Å². The average Bonchev–Trinajstić information content (AvgIpc) is 3.06. The third-order valence-corrected chi connectivity index (χ3v) is 3.70. The van der Waals surface area contributed by atoms with Crippen LogP contribution in [0.5, 0.6) is 0 Å². The van der Waals surface area contributed by atoms with Crippen LogP contribution in [-0.4, -0.2) is 35.6 Å². The minimum absolute atomic E-state index is 0.166. The van der Waals surface area contributed by atoms with Crippen molar-refractivity contribution in [2.24, 2.45) is 5.92 Å². The van der Waals surface area contributed by atoms with E-state index in [1.54, 1.807) is 18.7 Å². The fraction of sp³-hybridized carbons (Fsp3) is 0.462. The van der Waals surface area contributed by atoms with E-state index in [0.29, 0.717) is 22.9 Å². The SMILES string of the molecule is CC[C@H](CCO)Cn1cnc2c(=O)n3ccnc3[nH]c21. The number of hydrogen-bond acceptors (Lipinski definition) is 4. The quantitative estimate of drug-likeness (QED) is 0.720. The van der Waals surface area contributed by atoms with Gasteiger partial charge in [0.2, 0.25) is 5.78 Å². The summed E-state index contributed by atoms with van der Waals surface area (Å²) in [7, 11) is 0. The van der Waals surface area contributed by atoms with Gasteiger partial charge in [0.05, 0.1) is 6.33 Å². The highest BCUT2D eigenvalue weighted by Crippen LogP contribution is 2.14. The summed E-state index contributed by atoms with van der Waals surface area (Å²) in [6, 6.07) is 0. The molecular formula is C13H17N5O2. The number of nitrogens with one attached hydrogen (secondary N) is 1. The first kappa shape index (κ1) is 12.9. The van der Waals surface area contributed by atoms with Crippen molar-refractivity contribution in [1.29, 1.82) is 0 Å². The molecule has 0 unspecified atom stereocenters. The van der Waals surface area contributed by atoms with Gasteiger partial charge in [0, 0.05) is 25.5 Å². The molecule has 0 aliphatic rings. The molecule has 0 aliphatic carbocycles. The molecule has 0 radical (unpaired) electrons. The van der Waals surface area contributed by atoms with Crippen molar-refractivity contribution in [3.8, 4) is 0 Å². The Labute approximate surface area is 114 Å². The van der Waals surface area contributed by atoms with Gasteiger partial charge in [-0.2, -0.15) is 0 Å². The Morgan fingerprint density at radius 1 is 1.45 bits per heavy atom. The fourth-order valence-electron chi connectivity index (χ4n) is 2.47. The monoisotopic (exact) mass is 275 g/mol. The van der Waals surface area contributed by atoms with Crippen molar-refractivity contribution in [3.63, 3.8) is 0 Å². The van der Waals surface area contributed by atoms with Gasteiger partial charge in [-0.1, -0.05) is 13.3 Å². The first-order chi connectivity index (χ1) is 9.74. The molecule has 0 bridgehead atoms. The minimum Gasteiger partial charge on any atom is -0.396 e. The Kier molecular flexibility index (Phi) is 3.27. The van der Waals surface area contributed by atoms with Crippen molar-refractivity contribution < 1.29 is 5.11 Å². The standard InChI is InChI=1S/C13H17N5O2/c1-2-9(3-6-19)7-17-8-15-10-11(17)16-13-14-4-5-18(13)12(10)20/h4-5,8-9,19H,2-3,6-7H2,1H3,(H,14,16)/t9-/m1/s1. The Morgan fingerprint density at radius 3 is 3.05 bits per heavy atom. The van der Waals surface area contributed by atoms with Crippen molar-refractivity contribution in [3.05, 3.63) is 29.1 Å². The lowest BCUT2D eigenvalue weighted by molar-refractivity contribution is 0.244. The molecule has 3 aromatic heterocycles. The Bertz CT molecular complexity index is 785. The van der Waals surface area contributed by atoms with Crippen LogP contribution in [0, 0.1) is 5.92 Å². The highest BCUT2D eigenvalue weighted by atomic mass is 16.3. The van der Waals surface area contributed by atoms with E-state index in [0.717, 1.165) is 19.4 Å². The summed E-state index contributed by atoms with van der Waals surface area (Å²) in [6.45, 7) is 2.99. The van der Waals surface area contributed by atoms with E-state index in [9.17, 15) is 4.79 Å². The first-order valence-electron chi connectivity index (χ1n) is 6.75. The second-order valence-electron chi connectivity index (χ2n) is 4.93. The highest BCUT2D eigenvalue weighted by Gasteiger charge is 2.13. The van der Waals surface area contributed by atoms with E-state index < -0.39 is 0 Å². The van der Waals surface area contributed by atoms with E-state index >= 15 is 0 Å². The second-order valence-corrected chi connectivity index (χ2v) is 4.93. The van der Waals surface area contributed by atoms with E-state index in [-0.39, 0.29) is 12.2 Å². The number of fused-ring (bicyclic) bond motifs is 2. The molecule has 0 saturated heterocycles. The smallest absolute Gasteiger partial charge is 0.287 e. The summed E-state index contributed by atoms with van der Waals surface area (Å²) in [4.78, 5) is 23.7. The summed E-state index contributed by atoms with van der Waals surface area (Å²) in [6.07, 6.45) is 6.58.